The van der Waals surface area contributed by atoms with Gasteiger partial charge in [-0.25, -0.2) is 4.79 Å². The number of likely N-dealkylation sites (tertiary alicyclic amines) is 1. The largest absolute Gasteiger partial charge is 0.481 e. The minimum absolute atomic E-state index is 0.00529. The van der Waals surface area contributed by atoms with Crippen molar-refractivity contribution in [2.75, 3.05) is 26.2 Å². The number of nitrogens with zero attached hydrogens (tertiary/aromatic N) is 1. The van der Waals surface area contributed by atoms with Crippen molar-refractivity contribution >= 4 is 12.0 Å². The number of piperidine rings is 1. The van der Waals surface area contributed by atoms with Crippen molar-refractivity contribution in [1.29, 1.82) is 0 Å². The number of carboxylic acid groups (broad SMARTS) is 1. The molecule has 0 bridgehead atoms. The lowest BCUT2D eigenvalue weighted by molar-refractivity contribution is -0.138. The highest BCUT2D eigenvalue weighted by atomic mass is 16.5. The van der Waals surface area contributed by atoms with Crippen molar-refractivity contribution in [1.82, 2.24) is 10.2 Å². The van der Waals surface area contributed by atoms with Crippen LogP contribution in [0.5, 0.6) is 0 Å². The van der Waals surface area contributed by atoms with Crippen molar-refractivity contribution in [3.05, 3.63) is 0 Å². The summed E-state index contributed by atoms with van der Waals surface area (Å²) in [6.07, 6.45) is 2.72. The van der Waals surface area contributed by atoms with Crippen molar-refractivity contribution in [2.24, 2.45) is 5.92 Å². The number of hydrogen-bond donors (Lipinski definition) is 2. The maximum absolute atomic E-state index is 11.9. The number of hydrogen-bond acceptors (Lipinski definition) is 3. The van der Waals surface area contributed by atoms with Gasteiger partial charge < -0.3 is 20.1 Å². The summed E-state index contributed by atoms with van der Waals surface area (Å²) in [7, 11) is 0. The normalized spacial score (nSPS) is 17.8. The molecule has 1 atom stereocenters. The molecule has 0 aromatic carbocycles. The van der Waals surface area contributed by atoms with E-state index in [4.69, 9.17) is 9.84 Å². The van der Waals surface area contributed by atoms with Crippen LogP contribution in [0.1, 0.15) is 39.5 Å². The van der Waals surface area contributed by atoms with Gasteiger partial charge in [-0.05, 0) is 18.8 Å². The number of carbonyl (C=O) groups is 2. The van der Waals surface area contributed by atoms with Crippen LogP contribution < -0.4 is 5.32 Å². The monoisotopic (exact) mass is 286 g/mol. The summed E-state index contributed by atoms with van der Waals surface area (Å²) in [6.45, 7) is 6.53. The first-order chi connectivity index (χ1) is 9.52. The molecule has 0 spiro atoms. The van der Waals surface area contributed by atoms with Gasteiger partial charge in [-0.2, -0.15) is 0 Å². The lowest BCUT2D eigenvalue weighted by Crippen LogP contribution is -2.46. The second-order valence-corrected chi connectivity index (χ2v) is 5.40. The molecule has 1 saturated heterocycles. The molecule has 0 saturated carbocycles. The van der Waals surface area contributed by atoms with E-state index in [1.807, 2.05) is 0 Å². The van der Waals surface area contributed by atoms with Crippen LogP contribution in [0, 0.1) is 5.92 Å². The van der Waals surface area contributed by atoms with E-state index in [1.54, 1.807) is 4.90 Å². The minimum atomic E-state index is -0.841. The first kappa shape index (κ1) is 16.8. The lowest BCUT2D eigenvalue weighted by Gasteiger charge is -2.32. The van der Waals surface area contributed by atoms with Gasteiger partial charge in [0.2, 0.25) is 0 Å². The average molecular weight is 286 g/mol. The van der Waals surface area contributed by atoms with Gasteiger partial charge >= 0.3 is 12.0 Å². The molecule has 1 unspecified atom stereocenters. The SMILES string of the molecule is CCC(C)CNC(=O)N1CCC(OCCC(=O)O)CC1. The van der Waals surface area contributed by atoms with Crippen LogP contribution in [-0.4, -0.2) is 54.4 Å². The number of carboxylic acids is 1. The zero-order valence-electron chi connectivity index (χ0n) is 12.4. The Morgan fingerprint density at radius 3 is 2.60 bits per heavy atom. The number of aliphatic carboxylic acids is 1. The Hall–Kier alpha value is -1.30. The maximum Gasteiger partial charge on any atom is 0.317 e. The first-order valence-corrected chi connectivity index (χ1v) is 7.39. The van der Waals surface area contributed by atoms with E-state index >= 15 is 0 Å². The second-order valence-electron chi connectivity index (χ2n) is 5.40. The predicted octanol–water partition coefficient (Wildman–Crippen LogP) is 1.70. The summed E-state index contributed by atoms with van der Waals surface area (Å²) in [5.74, 6) is -0.345. The molecule has 1 rings (SSSR count). The summed E-state index contributed by atoms with van der Waals surface area (Å²) in [5, 5.41) is 11.5. The predicted molar refractivity (Wildman–Crippen MR) is 75.7 cm³/mol. The van der Waals surface area contributed by atoms with Gasteiger partial charge in [0.05, 0.1) is 19.1 Å². The van der Waals surface area contributed by atoms with E-state index in [9.17, 15) is 9.59 Å². The molecule has 6 heteroatoms. The van der Waals surface area contributed by atoms with Gasteiger partial charge in [0, 0.05) is 19.6 Å². The molecule has 1 heterocycles. The van der Waals surface area contributed by atoms with Gasteiger partial charge in [0.25, 0.3) is 0 Å². The number of urea groups is 1. The highest BCUT2D eigenvalue weighted by Crippen LogP contribution is 2.14. The summed E-state index contributed by atoms with van der Waals surface area (Å²) in [6, 6.07) is -0.00529. The fraction of sp³-hybridized carbons (Fsp3) is 0.857. The molecule has 1 fully saturated rings. The summed E-state index contributed by atoms with van der Waals surface area (Å²) in [5.41, 5.74) is 0. The molecule has 0 radical (unpaired) electrons. The van der Waals surface area contributed by atoms with E-state index < -0.39 is 5.97 Å². The van der Waals surface area contributed by atoms with Gasteiger partial charge in [-0.15, -0.1) is 0 Å². The van der Waals surface area contributed by atoms with Crippen LogP contribution in [-0.2, 0) is 9.53 Å². The van der Waals surface area contributed by atoms with Crippen molar-refractivity contribution < 1.29 is 19.4 Å². The van der Waals surface area contributed by atoms with Gasteiger partial charge in [-0.3, -0.25) is 4.79 Å². The highest BCUT2D eigenvalue weighted by molar-refractivity contribution is 5.74. The molecule has 0 aromatic heterocycles. The molecule has 1 aliphatic heterocycles. The minimum Gasteiger partial charge on any atom is -0.481 e. The van der Waals surface area contributed by atoms with Crippen LogP contribution >= 0.6 is 0 Å². The highest BCUT2D eigenvalue weighted by Gasteiger charge is 2.23. The standard InChI is InChI=1S/C14H26N2O4/c1-3-11(2)10-15-14(19)16-7-4-12(5-8-16)20-9-6-13(17)18/h11-12H,3-10H2,1-2H3,(H,15,19)(H,17,18). The van der Waals surface area contributed by atoms with Crippen LogP contribution in [0.4, 0.5) is 4.79 Å². The fourth-order valence-corrected chi connectivity index (χ4v) is 2.06. The number of amides is 2. The number of carbonyl (C=O) groups excluding carboxylic acids is 1. The van der Waals surface area contributed by atoms with Crippen LogP contribution in [0.15, 0.2) is 0 Å². The van der Waals surface area contributed by atoms with Crippen LogP contribution in [0.3, 0.4) is 0 Å². The van der Waals surface area contributed by atoms with Gasteiger partial charge in [0.1, 0.15) is 0 Å². The second kappa shape index (κ2) is 8.79. The topological polar surface area (TPSA) is 78.9 Å². The lowest BCUT2D eigenvalue weighted by atomic mass is 10.1. The molecule has 0 aliphatic carbocycles. The Bertz CT molecular complexity index is 314. The summed E-state index contributed by atoms with van der Waals surface area (Å²) >= 11 is 0. The molecule has 2 N–H and O–H groups in total. The number of ether oxygens (including phenoxy) is 1. The van der Waals surface area contributed by atoms with Crippen molar-refractivity contribution in [3.63, 3.8) is 0 Å². The Balaban J connectivity index is 2.17. The Labute approximate surface area is 120 Å². The number of rotatable bonds is 7. The summed E-state index contributed by atoms with van der Waals surface area (Å²) < 4.78 is 5.50. The van der Waals surface area contributed by atoms with Crippen molar-refractivity contribution in [2.45, 2.75) is 45.6 Å². The molecule has 6 nitrogen and oxygen atoms in total. The van der Waals surface area contributed by atoms with E-state index in [2.05, 4.69) is 19.2 Å². The van der Waals surface area contributed by atoms with E-state index in [1.165, 1.54) is 0 Å². The number of nitrogens with one attached hydrogen (secondary N) is 1. The summed E-state index contributed by atoms with van der Waals surface area (Å²) in [4.78, 5) is 24.1. The molecular weight excluding hydrogens is 260 g/mol. The maximum atomic E-state index is 11.9. The average Bonchev–Trinajstić information content (AvgIpc) is 2.44. The first-order valence-electron chi connectivity index (χ1n) is 7.39. The van der Waals surface area contributed by atoms with E-state index in [-0.39, 0.29) is 25.2 Å². The van der Waals surface area contributed by atoms with E-state index in [0.717, 1.165) is 19.3 Å². The zero-order valence-corrected chi connectivity index (χ0v) is 12.4. The Morgan fingerprint density at radius 1 is 1.40 bits per heavy atom. The molecular formula is C14H26N2O4. The van der Waals surface area contributed by atoms with Gasteiger partial charge in [0.15, 0.2) is 0 Å². The van der Waals surface area contributed by atoms with Crippen LogP contribution in [0.2, 0.25) is 0 Å². The zero-order chi connectivity index (χ0) is 15.0. The Kier molecular flexibility index (Phi) is 7.36. The van der Waals surface area contributed by atoms with E-state index in [0.29, 0.717) is 25.6 Å². The molecule has 2 amide bonds. The smallest absolute Gasteiger partial charge is 0.317 e. The third kappa shape index (κ3) is 6.23. The van der Waals surface area contributed by atoms with Crippen LogP contribution in [0.25, 0.3) is 0 Å². The third-order valence-electron chi connectivity index (χ3n) is 3.70. The molecule has 0 aromatic rings. The van der Waals surface area contributed by atoms with Gasteiger partial charge in [-0.1, -0.05) is 20.3 Å². The van der Waals surface area contributed by atoms with Crippen molar-refractivity contribution in [3.8, 4) is 0 Å². The molecule has 1 aliphatic rings. The fourth-order valence-electron chi connectivity index (χ4n) is 2.06. The molecule has 20 heavy (non-hydrogen) atoms. The third-order valence-corrected chi connectivity index (χ3v) is 3.70. The quantitative estimate of drug-likeness (QED) is 0.746. The Morgan fingerprint density at radius 2 is 2.05 bits per heavy atom. The molecule has 116 valence electrons.